The minimum atomic E-state index is -4.47. The molecule has 0 unspecified atom stereocenters. The third-order valence-corrected chi connectivity index (χ3v) is 4.87. The van der Waals surface area contributed by atoms with Crippen LogP contribution in [-0.4, -0.2) is 31.0 Å². The van der Waals surface area contributed by atoms with E-state index in [4.69, 9.17) is 9.47 Å². The SMILES string of the molecule is Cc1cc(OCn2ncn(-c3ccc(C(F)(F)F)cc3)c2=O)cc(C)c1OC(C)(C)C(=O)O. The number of rotatable bonds is 7. The van der Waals surface area contributed by atoms with Gasteiger partial charge >= 0.3 is 17.8 Å². The molecule has 1 aromatic heterocycles. The summed E-state index contributed by atoms with van der Waals surface area (Å²) in [5.41, 5.74) is -1.32. The van der Waals surface area contributed by atoms with Crippen molar-refractivity contribution in [2.45, 2.75) is 46.2 Å². The van der Waals surface area contributed by atoms with Gasteiger partial charge in [0, 0.05) is 0 Å². The number of ether oxygens (including phenoxy) is 2. The van der Waals surface area contributed by atoms with Gasteiger partial charge in [-0.05, 0) is 75.2 Å². The molecule has 1 N–H and O–H groups in total. The van der Waals surface area contributed by atoms with Gasteiger partial charge in [-0.1, -0.05) is 0 Å². The number of alkyl halides is 3. The van der Waals surface area contributed by atoms with Gasteiger partial charge in [0.25, 0.3) is 0 Å². The predicted octanol–water partition coefficient (Wildman–Crippen LogP) is 3.95. The fraction of sp³-hybridized carbons (Fsp3) is 0.318. The van der Waals surface area contributed by atoms with Gasteiger partial charge in [-0.2, -0.15) is 23.0 Å². The third kappa shape index (κ3) is 5.18. The molecule has 0 fully saturated rings. The Morgan fingerprint density at radius 2 is 1.67 bits per heavy atom. The van der Waals surface area contributed by atoms with E-state index in [9.17, 15) is 27.9 Å². The van der Waals surface area contributed by atoms with Crippen LogP contribution in [0.3, 0.4) is 0 Å². The second kappa shape index (κ2) is 8.64. The molecule has 0 radical (unpaired) electrons. The molecule has 11 heteroatoms. The van der Waals surface area contributed by atoms with Crippen molar-refractivity contribution in [3.05, 3.63) is 69.9 Å². The van der Waals surface area contributed by atoms with Crippen molar-refractivity contribution in [2.24, 2.45) is 0 Å². The molecule has 0 saturated heterocycles. The van der Waals surface area contributed by atoms with E-state index in [0.29, 0.717) is 22.6 Å². The number of carboxylic acid groups (broad SMARTS) is 1. The molecular weight excluding hydrogens is 443 g/mol. The fourth-order valence-electron chi connectivity index (χ4n) is 3.00. The number of carboxylic acids is 1. The monoisotopic (exact) mass is 465 g/mol. The van der Waals surface area contributed by atoms with Gasteiger partial charge in [-0.25, -0.2) is 14.2 Å². The number of aromatic nitrogens is 3. The summed E-state index contributed by atoms with van der Waals surface area (Å²) in [5, 5.41) is 13.2. The van der Waals surface area contributed by atoms with E-state index in [1.54, 1.807) is 26.0 Å². The van der Waals surface area contributed by atoms with Crippen LogP contribution < -0.4 is 15.2 Å². The Balaban J connectivity index is 1.75. The maximum Gasteiger partial charge on any atom is 0.416 e. The topological polar surface area (TPSA) is 95.6 Å². The number of hydrogen-bond acceptors (Lipinski definition) is 5. The summed E-state index contributed by atoms with van der Waals surface area (Å²) in [5.74, 6) is -0.287. The Hall–Kier alpha value is -3.76. The van der Waals surface area contributed by atoms with Gasteiger partial charge in [0.1, 0.15) is 17.8 Å². The smallest absolute Gasteiger partial charge is 0.416 e. The van der Waals surface area contributed by atoms with Crippen molar-refractivity contribution in [1.82, 2.24) is 14.3 Å². The number of carbonyl (C=O) groups is 1. The Morgan fingerprint density at radius 1 is 1.09 bits per heavy atom. The average Bonchev–Trinajstić information content (AvgIpc) is 3.09. The number of hydrogen-bond donors (Lipinski definition) is 1. The minimum Gasteiger partial charge on any atom is -0.478 e. The summed E-state index contributed by atoms with van der Waals surface area (Å²) in [6, 6.07) is 7.41. The van der Waals surface area contributed by atoms with Crippen molar-refractivity contribution in [1.29, 1.82) is 0 Å². The summed E-state index contributed by atoms with van der Waals surface area (Å²) in [7, 11) is 0. The summed E-state index contributed by atoms with van der Waals surface area (Å²) in [6.07, 6.45) is -3.28. The lowest BCUT2D eigenvalue weighted by Crippen LogP contribution is -2.38. The first-order chi connectivity index (χ1) is 15.3. The highest BCUT2D eigenvalue weighted by Crippen LogP contribution is 2.32. The molecule has 0 aliphatic carbocycles. The first-order valence-corrected chi connectivity index (χ1v) is 9.78. The molecule has 3 aromatic rings. The van der Waals surface area contributed by atoms with Crippen LogP contribution in [0.1, 0.15) is 30.5 Å². The largest absolute Gasteiger partial charge is 0.478 e. The molecule has 0 bridgehead atoms. The zero-order valence-corrected chi connectivity index (χ0v) is 18.3. The van der Waals surface area contributed by atoms with E-state index in [1.165, 1.54) is 32.3 Å². The molecule has 176 valence electrons. The van der Waals surface area contributed by atoms with Crippen LogP contribution in [0, 0.1) is 13.8 Å². The van der Waals surface area contributed by atoms with Crippen LogP contribution in [0.5, 0.6) is 11.5 Å². The summed E-state index contributed by atoms with van der Waals surface area (Å²) >= 11 is 0. The van der Waals surface area contributed by atoms with Crippen LogP contribution in [0.4, 0.5) is 13.2 Å². The van der Waals surface area contributed by atoms with E-state index in [-0.39, 0.29) is 12.4 Å². The van der Waals surface area contributed by atoms with Crippen molar-refractivity contribution in [2.75, 3.05) is 0 Å². The molecule has 0 spiro atoms. The Kier molecular flexibility index (Phi) is 6.26. The van der Waals surface area contributed by atoms with Crippen LogP contribution in [-0.2, 0) is 17.7 Å². The minimum absolute atomic E-state index is 0.230. The summed E-state index contributed by atoms with van der Waals surface area (Å²) in [6.45, 7) is 6.11. The molecular formula is C22H22F3N3O5. The van der Waals surface area contributed by atoms with E-state index < -0.39 is 29.0 Å². The zero-order valence-electron chi connectivity index (χ0n) is 18.3. The van der Waals surface area contributed by atoms with Crippen LogP contribution in [0.2, 0.25) is 0 Å². The van der Waals surface area contributed by atoms with Crippen molar-refractivity contribution < 1.29 is 32.5 Å². The highest BCUT2D eigenvalue weighted by Gasteiger charge is 2.31. The van der Waals surface area contributed by atoms with E-state index in [2.05, 4.69) is 5.10 Å². The third-order valence-electron chi connectivity index (χ3n) is 4.87. The van der Waals surface area contributed by atoms with Gasteiger partial charge in [0.2, 0.25) is 0 Å². The Morgan fingerprint density at radius 3 is 2.18 bits per heavy atom. The Labute approximate surface area is 186 Å². The lowest BCUT2D eigenvalue weighted by atomic mass is 10.1. The van der Waals surface area contributed by atoms with Gasteiger partial charge in [0.15, 0.2) is 12.3 Å². The van der Waals surface area contributed by atoms with E-state index >= 15 is 0 Å². The molecule has 0 saturated carbocycles. The molecule has 2 aromatic carbocycles. The van der Waals surface area contributed by atoms with Crippen LogP contribution in [0.25, 0.3) is 5.69 Å². The Bertz CT molecular complexity index is 1200. The number of halogens is 3. The summed E-state index contributed by atoms with van der Waals surface area (Å²) in [4.78, 5) is 23.9. The number of nitrogens with zero attached hydrogens (tertiary/aromatic N) is 3. The first-order valence-electron chi connectivity index (χ1n) is 9.78. The number of aliphatic carboxylic acids is 1. The lowest BCUT2D eigenvalue weighted by Gasteiger charge is -2.24. The van der Waals surface area contributed by atoms with Gasteiger partial charge in [-0.3, -0.25) is 0 Å². The second-order valence-electron chi connectivity index (χ2n) is 7.90. The molecule has 33 heavy (non-hydrogen) atoms. The van der Waals surface area contributed by atoms with E-state index in [0.717, 1.165) is 21.4 Å². The standard InChI is InChI=1S/C22H22F3N3O5/c1-13-9-17(10-14(2)18(13)33-21(3,4)19(29)30)32-12-28-20(31)27(11-26-28)16-7-5-15(6-8-16)22(23,24)25/h5-11H,12H2,1-4H3,(H,29,30). The molecule has 1 heterocycles. The fourth-order valence-corrected chi connectivity index (χ4v) is 3.00. The maximum absolute atomic E-state index is 12.7. The van der Waals surface area contributed by atoms with Crippen molar-refractivity contribution >= 4 is 5.97 Å². The average molecular weight is 465 g/mol. The zero-order chi connectivity index (χ0) is 24.6. The predicted molar refractivity (Wildman–Crippen MR) is 112 cm³/mol. The maximum atomic E-state index is 12.7. The highest BCUT2D eigenvalue weighted by atomic mass is 19.4. The molecule has 3 rings (SSSR count). The molecule has 0 aliphatic rings. The van der Waals surface area contributed by atoms with Crippen LogP contribution in [0.15, 0.2) is 47.5 Å². The number of benzene rings is 2. The van der Waals surface area contributed by atoms with E-state index in [1.807, 2.05) is 0 Å². The van der Waals surface area contributed by atoms with Crippen molar-refractivity contribution in [3.8, 4) is 17.2 Å². The number of aryl methyl sites for hydroxylation is 2. The van der Waals surface area contributed by atoms with Crippen molar-refractivity contribution in [3.63, 3.8) is 0 Å². The summed E-state index contributed by atoms with van der Waals surface area (Å²) < 4.78 is 51.6. The molecule has 0 atom stereocenters. The highest BCUT2D eigenvalue weighted by molar-refractivity contribution is 5.77. The van der Waals surface area contributed by atoms with Gasteiger partial charge in [0.05, 0.1) is 11.3 Å². The normalized spacial score (nSPS) is 12.0. The lowest BCUT2D eigenvalue weighted by molar-refractivity contribution is -0.152. The second-order valence-corrected chi connectivity index (χ2v) is 7.90. The van der Waals surface area contributed by atoms with Gasteiger partial charge in [-0.15, -0.1) is 0 Å². The van der Waals surface area contributed by atoms with Gasteiger partial charge < -0.3 is 14.6 Å². The molecule has 0 aliphatic heterocycles. The van der Waals surface area contributed by atoms with Crippen LogP contribution >= 0.6 is 0 Å². The molecule has 0 amide bonds. The first kappa shape index (κ1) is 23.9. The quantitative estimate of drug-likeness (QED) is 0.568. The molecule has 8 nitrogen and oxygen atoms in total.